The highest BCUT2D eigenvalue weighted by atomic mass is 32.2. The zero-order valence-electron chi connectivity index (χ0n) is 18.6. The van der Waals surface area contributed by atoms with Crippen LogP contribution in [0.15, 0.2) is 53.4 Å². The summed E-state index contributed by atoms with van der Waals surface area (Å²) in [6.07, 6.45) is 0.0512. The third-order valence-corrected chi connectivity index (χ3v) is 5.58. The van der Waals surface area contributed by atoms with Crippen LogP contribution in [0.25, 0.3) is 0 Å². The van der Waals surface area contributed by atoms with Crippen molar-refractivity contribution >= 4 is 42.1 Å². The first-order valence-corrected chi connectivity index (χ1v) is 12.1. The van der Waals surface area contributed by atoms with Gasteiger partial charge in [-0.25, -0.2) is 4.79 Å². The molecule has 2 aromatic carbocycles. The van der Waals surface area contributed by atoms with Gasteiger partial charge in [0.25, 0.3) is 0 Å². The summed E-state index contributed by atoms with van der Waals surface area (Å²) >= 11 is 5.49. The number of hydrogen-bond donors (Lipinski definition) is 3. The number of para-hydroxylation sites is 1. The number of benzene rings is 2. The Morgan fingerprint density at radius 1 is 1.12 bits per heavy atom. The molecule has 10 heteroatoms. The third-order valence-electron chi connectivity index (χ3n) is 4.58. The van der Waals surface area contributed by atoms with E-state index in [1.165, 1.54) is 7.11 Å². The molecule has 0 aliphatic heterocycles. The maximum atomic E-state index is 12.8. The molecule has 8 nitrogen and oxygen atoms in total. The van der Waals surface area contributed by atoms with Crippen molar-refractivity contribution < 1.29 is 33.6 Å². The number of thioether (sulfide) groups is 1. The lowest BCUT2D eigenvalue weighted by Crippen LogP contribution is -2.30. The Kier molecular flexibility index (Phi) is 12.0. The van der Waals surface area contributed by atoms with Crippen molar-refractivity contribution in [1.29, 1.82) is 0 Å². The van der Waals surface area contributed by atoms with Gasteiger partial charge in [-0.2, -0.15) is 12.6 Å². The number of amides is 1. The van der Waals surface area contributed by atoms with Gasteiger partial charge < -0.3 is 24.1 Å². The van der Waals surface area contributed by atoms with Crippen LogP contribution >= 0.6 is 24.4 Å². The smallest absolute Gasteiger partial charge is 0.412 e. The minimum Gasteiger partial charge on any atom is -0.491 e. The highest BCUT2D eigenvalue weighted by molar-refractivity contribution is 7.98. The van der Waals surface area contributed by atoms with Crippen molar-refractivity contribution in [3.05, 3.63) is 54.1 Å². The first kappa shape index (κ1) is 26.8. The summed E-state index contributed by atoms with van der Waals surface area (Å²) in [7, 11) is 1.48. The fourth-order valence-corrected chi connectivity index (χ4v) is 3.51. The van der Waals surface area contributed by atoms with Gasteiger partial charge in [0.2, 0.25) is 0 Å². The van der Waals surface area contributed by atoms with Gasteiger partial charge in [0.05, 0.1) is 19.0 Å². The molecular formula is C23H29NO7S2. The second kappa shape index (κ2) is 14.7. The van der Waals surface area contributed by atoms with E-state index >= 15 is 0 Å². The molecule has 2 rings (SSSR count). The Morgan fingerprint density at radius 3 is 2.48 bits per heavy atom. The average molecular weight is 496 g/mol. The lowest BCUT2D eigenvalue weighted by molar-refractivity contribution is -0.141. The lowest BCUT2D eigenvalue weighted by atomic mass is 10.0. The maximum Gasteiger partial charge on any atom is 0.412 e. The number of thiol groups is 1. The molecule has 0 heterocycles. The summed E-state index contributed by atoms with van der Waals surface area (Å²) in [5, 5.41) is 11.9. The lowest BCUT2D eigenvalue weighted by Gasteiger charge is -2.28. The number of rotatable bonds is 13. The maximum absolute atomic E-state index is 12.8. The molecule has 0 saturated heterocycles. The number of carbonyl (C=O) groups is 2. The summed E-state index contributed by atoms with van der Waals surface area (Å²) in [5.41, 5.74) is 1.14. The molecule has 0 aliphatic rings. The van der Waals surface area contributed by atoms with Crippen LogP contribution in [0, 0.1) is 0 Å². The Hall–Kier alpha value is -2.40. The monoisotopic (exact) mass is 495 g/mol. The SMILES string of the molecule is CO[C@H](CCOC(=O)CS)[C@H](OC(=O)Nc1ccc(SC)cc1)c1ccccc1OCCO. The Morgan fingerprint density at radius 2 is 1.85 bits per heavy atom. The molecule has 0 aliphatic carbocycles. The topological polar surface area (TPSA) is 103 Å². The second-order valence-electron chi connectivity index (χ2n) is 6.73. The van der Waals surface area contributed by atoms with Crippen molar-refractivity contribution in [2.24, 2.45) is 0 Å². The number of aliphatic hydroxyl groups excluding tert-OH is 1. The van der Waals surface area contributed by atoms with Crippen LogP contribution in [0.5, 0.6) is 5.75 Å². The molecular weight excluding hydrogens is 466 g/mol. The Balaban J connectivity index is 2.23. The average Bonchev–Trinajstić information content (AvgIpc) is 2.84. The van der Waals surface area contributed by atoms with Gasteiger partial charge in [-0.05, 0) is 36.6 Å². The highest BCUT2D eigenvalue weighted by Gasteiger charge is 2.30. The number of ether oxygens (including phenoxy) is 4. The van der Waals surface area contributed by atoms with Gasteiger partial charge in [-0.3, -0.25) is 10.1 Å². The van der Waals surface area contributed by atoms with Crippen LogP contribution in [0.3, 0.4) is 0 Å². The minimum atomic E-state index is -0.870. The van der Waals surface area contributed by atoms with E-state index in [2.05, 4.69) is 17.9 Å². The summed E-state index contributed by atoms with van der Waals surface area (Å²) in [6.45, 7) is -0.0239. The molecule has 0 fully saturated rings. The van der Waals surface area contributed by atoms with Crippen molar-refractivity contribution in [3.63, 3.8) is 0 Å². The van der Waals surface area contributed by atoms with Crippen LogP contribution in [0.2, 0.25) is 0 Å². The number of aliphatic hydroxyl groups is 1. The first-order chi connectivity index (χ1) is 16.0. The van der Waals surface area contributed by atoms with E-state index in [1.807, 2.05) is 18.4 Å². The number of hydrogen-bond acceptors (Lipinski definition) is 9. The van der Waals surface area contributed by atoms with Crippen LogP contribution in [-0.4, -0.2) is 62.2 Å². The van der Waals surface area contributed by atoms with Gasteiger partial charge in [-0.1, -0.05) is 18.2 Å². The quantitative estimate of drug-likeness (QED) is 0.218. The predicted octanol–water partition coefficient (Wildman–Crippen LogP) is 3.95. The highest BCUT2D eigenvalue weighted by Crippen LogP contribution is 2.33. The molecule has 0 spiro atoms. The fourth-order valence-electron chi connectivity index (χ4n) is 3.01. The molecule has 1 amide bonds. The minimum absolute atomic E-state index is 0.0346. The van der Waals surface area contributed by atoms with E-state index in [4.69, 9.17) is 24.1 Å². The van der Waals surface area contributed by atoms with E-state index in [0.717, 1.165) is 4.90 Å². The van der Waals surface area contributed by atoms with Crippen molar-refractivity contribution in [2.75, 3.05) is 44.3 Å². The van der Waals surface area contributed by atoms with E-state index in [9.17, 15) is 9.59 Å². The predicted molar refractivity (Wildman–Crippen MR) is 130 cm³/mol. The molecule has 0 radical (unpaired) electrons. The number of esters is 1. The van der Waals surface area contributed by atoms with Gasteiger partial charge >= 0.3 is 12.1 Å². The van der Waals surface area contributed by atoms with E-state index < -0.39 is 24.3 Å². The van der Waals surface area contributed by atoms with Gasteiger partial charge in [0, 0.05) is 29.7 Å². The molecule has 2 N–H and O–H groups in total. The molecule has 2 aromatic rings. The second-order valence-corrected chi connectivity index (χ2v) is 7.93. The number of anilines is 1. The molecule has 0 bridgehead atoms. The first-order valence-electron chi connectivity index (χ1n) is 10.3. The van der Waals surface area contributed by atoms with Crippen LogP contribution < -0.4 is 10.1 Å². The summed E-state index contributed by atoms with van der Waals surface area (Å²) in [5.74, 6) is -0.0421. The molecule has 33 heavy (non-hydrogen) atoms. The van der Waals surface area contributed by atoms with Gasteiger partial charge in [0.15, 0.2) is 6.10 Å². The van der Waals surface area contributed by atoms with Crippen LogP contribution in [0.4, 0.5) is 10.5 Å². The summed E-state index contributed by atoms with van der Waals surface area (Å²) in [6, 6.07) is 14.4. The van der Waals surface area contributed by atoms with E-state index in [1.54, 1.807) is 48.2 Å². The normalized spacial score (nSPS) is 12.5. The van der Waals surface area contributed by atoms with Gasteiger partial charge in [-0.15, -0.1) is 11.8 Å². The Bertz CT molecular complexity index is 879. The van der Waals surface area contributed by atoms with Crippen molar-refractivity contribution in [1.82, 2.24) is 0 Å². The zero-order valence-corrected chi connectivity index (χ0v) is 20.3. The number of nitrogens with one attached hydrogen (secondary N) is 1. The van der Waals surface area contributed by atoms with Gasteiger partial charge in [0.1, 0.15) is 18.5 Å². The molecule has 0 saturated carbocycles. The molecule has 180 valence electrons. The van der Waals surface area contributed by atoms with Crippen LogP contribution in [0.1, 0.15) is 18.1 Å². The van der Waals surface area contributed by atoms with E-state index in [0.29, 0.717) is 17.0 Å². The largest absolute Gasteiger partial charge is 0.491 e. The molecule has 0 aromatic heterocycles. The van der Waals surface area contributed by atoms with Crippen molar-refractivity contribution in [2.45, 2.75) is 23.5 Å². The fraction of sp³-hybridized carbons (Fsp3) is 0.391. The standard InChI is InChI=1S/C23H29NO7S2/c1-28-20(11-13-30-21(26)15-32)22(18-5-3-4-6-19(18)29-14-12-25)31-23(27)24-16-7-9-17(33-2)10-8-16/h3-10,20,22,25,32H,11-15H2,1-2H3,(H,24,27)/t20-,22-/m1/s1. The van der Waals surface area contributed by atoms with Crippen LogP contribution in [-0.2, 0) is 19.0 Å². The van der Waals surface area contributed by atoms with E-state index in [-0.39, 0.29) is 32.0 Å². The molecule has 0 unspecified atom stereocenters. The van der Waals surface area contributed by atoms with Crippen molar-refractivity contribution in [3.8, 4) is 5.75 Å². The molecule has 2 atom stereocenters. The Labute approximate surface area is 203 Å². The zero-order chi connectivity index (χ0) is 24.1. The number of methoxy groups -OCH3 is 1. The third kappa shape index (κ3) is 8.81. The summed E-state index contributed by atoms with van der Waals surface area (Å²) in [4.78, 5) is 25.3. The summed E-state index contributed by atoms with van der Waals surface area (Å²) < 4.78 is 22.1. The number of carbonyl (C=O) groups excluding carboxylic acids is 2.